The summed E-state index contributed by atoms with van der Waals surface area (Å²) < 4.78 is 0. The zero-order valence-electron chi connectivity index (χ0n) is 11.4. The van der Waals surface area contributed by atoms with E-state index in [0.29, 0.717) is 6.54 Å². The van der Waals surface area contributed by atoms with Crippen molar-refractivity contribution in [2.75, 3.05) is 32.7 Å². The number of likely N-dealkylation sites (tertiary alicyclic amines) is 1. The van der Waals surface area contributed by atoms with Gasteiger partial charge in [0.05, 0.1) is 12.1 Å². The first-order valence-electron chi connectivity index (χ1n) is 6.83. The van der Waals surface area contributed by atoms with Crippen molar-refractivity contribution >= 4 is 11.8 Å². The summed E-state index contributed by atoms with van der Waals surface area (Å²) in [6, 6.07) is 0. The van der Waals surface area contributed by atoms with Gasteiger partial charge in [-0.25, -0.2) is 0 Å². The Balaban J connectivity index is 1.82. The van der Waals surface area contributed by atoms with Gasteiger partial charge in [-0.15, -0.1) is 0 Å². The Hall–Kier alpha value is -0.940. The Kier molecular flexibility index (Phi) is 4.02. The third-order valence-electron chi connectivity index (χ3n) is 3.82. The van der Waals surface area contributed by atoms with Gasteiger partial charge >= 0.3 is 0 Å². The molecule has 2 amide bonds. The standard InChI is InChI=1S/C13H23N3O2/c1-13(2)12(18)16(11(17)10-14-13)9-5-8-15-6-3-4-7-15/h14H,3-10H2,1-2H3. The second-order valence-electron chi connectivity index (χ2n) is 5.73. The molecule has 5 nitrogen and oxygen atoms in total. The monoisotopic (exact) mass is 253 g/mol. The van der Waals surface area contributed by atoms with Gasteiger partial charge in [0.2, 0.25) is 11.8 Å². The number of rotatable bonds is 4. The lowest BCUT2D eigenvalue weighted by atomic mass is 10.0. The number of piperazine rings is 1. The van der Waals surface area contributed by atoms with E-state index in [1.54, 1.807) is 0 Å². The number of amides is 2. The molecule has 2 saturated heterocycles. The van der Waals surface area contributed by atoms with E-state index in [1.165, 1.54) is 17.7 Å². The van der Waals surface area contributed by atoms with Crippen molar-refractivity contribution in [3.8, 4) is 0 Å². The summed E-state index contributed by atoms with van der Waals surface area (Å²) in [5, 5.41) is 2.97. The van der Waals surface area contributed by atoms with Crippen LogP contribution in [0.1, 0.15) is 33.1 Å². The summed E-state index contributed by atoms with van der Waals surface area (Å²) in [5.41, 5.74) is -0.610. The van der Waals surface area contributed by atoms with Crippen molar-refractivity contribution in [3.05, 3.63) is 0 Å². The highest BCUT2D eigenvalue weighted by Gasteiger charge is 2.39. The highest BCUT2D eigenvalue weighted by Crippen LogP contribution is 2.14. The average molecular weight is 253 g/mol. The number of carbonyl (C=O) groups excluding carboxylic acids is 2. The molecule has 0 aliphatic carbocycles. The summed E-state index contributed by atoms with van der Waals surface area (Å²) in [6.07, 6.45) is 3.44. The van der Waals surface area contributed by atoms with E-state index in [9.17, 15) is 9.59 Å². The predicted octanol–water partition coefficient (Wildman–Crippen LogP) is 0.209. The fourth-order valence-corrected chi connectivity index (χ4v) is 2.60. The summed E-state index contributed by atoms with van der Waals surface area (Å²) in [5.74, 6) is -0.194. The van der Waals surface area contributed by atoms with Gasteiger partial charge in [-0.2, -0.15) is 0 Å². The molecule has 0 bridgehead atoms. The van der Waals surface area contributed by atoms with Gasteiger partial charge in [0.25, 0.3) is 0 Å². The molecular weight excluding hydrogens is 230 g/mol. The topological polar surface area (TPSA) is 52.7 Å². The first kappa shape index (κ1) is 13.5. The predicted molar refractivity (Wildman–Crippen MR) is 69.1 cm³/mol. The van der Waals surface area contributed by atoms with Crippen LogP contribution in [-0.2, 0) is 9.59 Å². The lowest BCUT2D eigenvalue weighted by molar-refractivity contribution is -0.152. The molecule has 0 radical (unpaired) electrons. The molecule has 0 saturated carbocycles. The molecule has 5 heteroatoms. The fourth-order valence-electron chi connectivity index (χ4n) is 2.60. The highest BCUT2D eigenvalue weighted by molar-refractivity contribution is 6.02. The lowest BCUT2D eigenvalue weighted by Gasteiger charge is -2.36. The lowest BCUT2D eigenvalue weighted by Crippen LogP contribution is -2.63. The van der Waals surface area contributed by atoms with Crippen LogP contribution in [-0.4, -0.2) is 59.9 Å². The van der Waals surface area contributed by atoms with Crippen LogP contribution in [0.15, 0.2) is 0 Å². The van der Waals surface area contributed by atoms with Crippen molar-refractivity contribution < 1.29 is 9.59 Å². The molecule has 2 heterocycles. The van der Waals surface area contributed by atoms with E-state index in [-0.39, 0.29) is 18.4 Å². The second-order valence-corrected chi connectivity index (χ2v) is 5.73. The van der Waals surface area contributed by atoms with E-state index in [2.05, 4.69) is 10.2 Å². The zero-order valence-corrected chi connectivity index (χ0v) is 11.4. The fraction of sp³-hybridized carbons (Fsp3) is 0.846. The summed E-state index contributed by atoms with van der Waals surface area (Å²) >= 11 is 0. The van der Waals surface area contributed by atoms with Gasteiger partial charge in [-0.3, -0.25) is 19.8 Å². The molecule has 0 unspecified atom stereocenters. The van der Waals surface area contributed by atoms with Gasteiger partial charge < -0.3 is 4.90 Å². The first-order valence-corrected chi connectivity index (χ1v) is 6.83. The van der Waals surface area contributed by atoms with Crippen LogP contribution in [0.5, 0.6) is 0 Å². The molecule has 0 aromatic carbocycles. The molecule has 1 N–H and O–H groups in total. The van der Waals surface area contributed by atoms with Crippen LogP contribution in [0.2, 0.25) is 0 Å². The zero-order chi connectivity index (χ0) is 13.2. The first-order chi connectivity index (χ1) is 8.50. The highest BCUT2D eigenvalue weighted by atomic mass is 16.2. The molecule has 0 aromatic rings. The maximum atomic E-state index is 12.1. The Morgan fingerprint density at radius 2 is 1.83 bits per heavy atom. The van der Waals surface area contributed by atoms with Crippen molar-refractivity contribution in [1.82, 2.24) is 15.1 Å². The van der Waals surface area contributed by atoms with Gasteiger partial charge in [0, 0.05) is 6.54 Å². The summed E-state index contributed by atoms with van der Waals surface area (Å²) in [7, 11) is 0. The Morgan fingerprint density at radius 1 is 1.17 bits per heavy atom. The maximum absolute atomic E-state index is 12.1. The van der Waals surface area contributed by atoms with Crippen LogP contribution in [0.4, 0.5) is 0 Å². The van der Waals surface area contributed by atoms with Crippen LogP contribution >= 0.6 is 0 Å². The second kappa shape index (κ2) is 5.36. The van der Waals surface area contributed by atoms with Crippen LogP contribution in [0.25, 0.3) is 0 Å². The summed E-state index contributed by atoms with van der Waals surface area (Å²) in [4.78, 5) is 27.7. The summed E-state index contributed by atoms with van der Waals surface area (Å²) in [6.45, 7) is 7.79. The molecule has 2 aliphatic heterocycles. The van der Waals surface area contributed by atoms with E-state index >= 15 is 0 Å². The molecule has 18 heavy (non-hydrogen) atoms. The quantitative estimate of drug-likeness (QED) is 0.728. The molecule has 2 fully saturated rings. The van der Waals surface area contributed by atoms with E-state index in [1.807, 2.05) is 13.8 Å². The minimum absolute atomic E-state index is 0.0965. The Labute approximate surface area is 108 Å². The Morgan fingerprint density at radius 3 is 2.50 bits per heavy atom. The Bertz CT molecular complexity index is 335. The molecule has 0 atom stereocenters. The van der Waals surface area contributed by atoms with Gasteiger partial charge in [0.1, 0.15) is 0 Å². The molecule has 0 aromatic heterocycles. The normalized spacial score (nSPS) is 24.9. The van der Waals surface area contributed by atoms with Gasteiger partial charge in [-0.1, -0.05) is 0 Å². The van der Waals surface area contributed by atoms with Crippen LogP contribution < -0.4 is 5.32 Å². The van der Waals surface area contributed by atoms with Crippen LogP contribution in [0, 0.1) is 0 Å². The SMILES string of the molecule is CC1(C)NCC(=O)N(CCCN2CCCC2)C1=O. The van der Waals surface area contributed by atoms with Crippen molar-refractivity contribution in [2.45, 2.75) is 38.6 Å². The number of hydrogen-bond donors (Lipinski definition) is 1. The average Bonchev–Trinajstić information content (AvgIpc) is 2.82. The maximum Gasteiger partial charge on any atom is 0.248 e. The minimum Gasteiger partial charge on any atom is -0.303 e. The van der Waals surface area contributed by atoms with E-state index in [4.69, 9.17) is 0 Å². The number of carbonyl (C=O) groups is 2. The molecule has 2 rings (SSSR count). The van der Waals surface area contributed by atoms with Crippen molar-refractivity contribution in [3.63, 3.8) is 0 Å². The third kappa shape index (κ3) is 2.90. The minimum atomic E-state index is -0.610. The number of nitrogens with zero attached hydrogens (tertiary/aromatic N) is 2. The molecule has 2 aliphatic rings. The largest absolute Gasteiger partial charge is 0.303 e. The van der Waals surface area contributed by atoms with E-state index in [0.717, 1.165) is 26.1 Å². The molecule has 102 valence electrons. The van der Waals surface area contributed by atoms with E-state index < -0.39 is 5.54 Å². The number of imide groups is 1. The van der Waals surface area contributed by atoms with Crippen molar-refractivity contribution in [1.29, 1.82) is 0 Å². The number of hydrogen-bond acceptors (Lipinski definition) is 4. The van der Waals surface area contributed by atoms with Gasteiger partial charge in [-0.05, 0) is 52.7 Å². The third-order valence-corrected chi connectivity index (χ3v) is 3.82. The van der Waals surface area contributed by atoms with Crippen molar-refractivity contribution in [2.24, 2.45) is 0 Å². The number of nitrogens with one attached hydrogen (secondary N) is 1. The molecule has 0 spiro atoms. The smallest absolute Gasteiger partial charge is 0.248 e. The molecular formula is C13H23N3O2. The van der Waals surface area contributed by atoms with Crippen LogP contribution in [0.3, 0.4) is 0 Å². The van der Waals surface area contributed by atoms with Gasteiger partial charge in [0.15, 0.2) is 0 Å².